The second kappa shape index (κ2) is 11.0. The molecule has 9 nitrogen and oxygen atoms in total. The van der Waals surface area contributed by atoms with Gasteiger partial charge < -0.3 is 20.5 Å². The van der Waals surface area contributed by atoms with Crippen LogP contribution in [0.15, 0.2) is 24.3 Å². The van der Waals surface area contributed by atoms with Crippen molar-refractivity contribution in [3.8, 4) is 5.75 Å². The quantitative estimate of drug-likeness (QED) is 0.532. The van der Waals surface area contributed by atoms with Gasteiger partial charge in [0, 0.05) is 0 Å². The van der Waals surface area contributed by atoms with E-state index >= 15 is 0 Å². The monoisotopic (exact) mass is 407 g/mol. The smallest absolute Gasteiger partial charge is 0.329 e. The summed E-state index contributed by atoms with van der Waals surface area (Å²) in [7, 11) is 0. The molecular formula is C20H29N3O6. The Kier molecular flexibility index (Phi) is 9.11. The van der Waals surface area contributed by atoms with E-state index in [-0.39, 0.29) is 11.5 Å². The molecule has 2 atom stereocenters. The van der Waals surface area contributed by atoms with Gasteiger partial charge in [0.2, 0.25) is 0 Å². The number of nitrogens with two attached hydrogens (primary N) is 1. The topological polar surface area (TPSA) is 137 Å². The predicted octanol–water partition coefficient (Wildman–Crippen LogP) is 1.60. The molecule has 0 radical (unpaired) electrons. The van der Waals surface area contributed by atoms with E-state index < -0.39 is 41.9 Å². The number of nitrogens with one attached hydrogen (secondary N) is 2. The van der Waals surface area contributed by atoms with Crippen LogP contribution in [-0.4, -0.2) is 42.6 Å². The molecule has 1 rings (SSSR count). The molecule has 160 valence electrons. The maximum Gasteiger partial charge on any atom is 0.329 e. The Hall–Kier alpha value is -3.10. The Bertz CT molecular complexity index is 747. The van der Waals surface area contributed by atoms with Gasteiger partial charge in [0.1, 0.15) is 11.8 Å². The fourth-order valence-electron chi connectivity index (χ4n) is 2.54. The van der Waals surface area contributed by atoms with Gasteiger partial charge in [0.25, 0.3) is 11.8 Å². The van der Waals surface area contributed by atoms with Gasteiger partial charge in [-0.15, -0.1) is 0 Å². The van der Waals surface area contributed by atoms with Crippen molar-refractivity contribution in [2.75, 3.05) is 6.61 Å². The fourth-order valence-corrected chi connectivity index (χ4v) is 2.54. The lowest BCUT2D eigenvalue weighted by atomic mass is 10.0. The van der Waals surface area contributed by atoms with Gasteiger partial charge in [-0.2, -0.15) is 0 Å². The molecule has 0 saturated carbocycles. The molecule has 4 amide bonds. The van der Waals surface area contributed by atoms with Crippen molar-refractivity contribution in [2.45, 2.75) is 46.8 Å². The van der Waals surface area contributed by atoms with Crippen LogP contribution < -0.4 is 21.1 Å². The van der Waals surface area contributed by atoms with Gasteiger partial charge in [-0.1, -0.05) is 39.8 Å². The minimum atomic E-state index is -1.23. The van der Waals surface area contributed by atoms with E-state index in [1.807, 2.05) is 5.32 Å². The van der Waals surface area contributed by atoms with Crippen molar-refractivity contribution in [3.63, 3.8) is 0 Å². The van der Waals surface area contributed by atoms with Gasteiger partial charge in [0.15, 0.2) is 6.10 Å². The van der Waals surface area contributed by atoms with Crippen molar-refractivity contribution in [1.82, 2.24) is 10.6 Å². The number of imide groups is 1. The number of ether oxygens (including phenoxy) is 2. The molecule has 0 aromatic heterocycles. The number of benzene rings is 1. The second-order valence-corrected chi connectivity index (χ2v) is 7.08. The summed E-state index contributed by atoms with van der Waals surface area (Å²) in [5.41, 5.74) is 5.24. The third-order valence-corrected chi connectivity index (χ3v) is 3.99. The molecule has 0 heterocycles. The van der Waals surface area contributed by atoms with E-state index in [1.165, 1.54) is 0 Å². The summed E-state index contributed by atoms with van der Waals surface area (Å²) in [6.45, 7) is 8.94. The number of rotatable bonds is 9. The van der Waals surface area contributed by atoms with E-state index in [9.17, 15) is 19.2 Å². The summed E-state index contributed by atoms with van der Waals surface area (Å²) in [5, 5.41) is 4.54. The van der Waals surface area contributed by atoms with Crippen LogP contribution >= 0.6 is 0 Å². The van der Waals surface area contributed by atoms with E-state index in [0.29, 0.717) is 12.4 Å². The van der Waals surface area contributed by atoms with Crippen molar-refractivity contribution in [2.24, 2.45) is 17.6 Å². The summed E-state index contributed by atoms with van der Waals surface area (Å²) >= 11 is 0. The SMILES string of the molecule is CCOc1ccccc1C(=O)N[C@H](C(=O)O[C@H](C(=O)NC(N)=O)C(C)C)C(C)C. The van der Waals surface area contributed by atoms with Crippen molar-refractivity contribution in [3.05, 3.63) is 29.8 Å². The zero-order valence-electron chi connectivity index (χ0n) is 17.4. The van der Waals surface area contributed by atoms with Crippen LogP contribution in [-0.2, 0) is 14.3 Å². The minimum absolute atomic E-state index is 0.277. The largest absolute Gasteiger partial charge is 0.493 e. The summed E-state index contributed by atoms with van der Waals surface area (Å²) < 4.78 is 10.8. The summed E-state index contributed by atoms with van der Waals surface area (Å²) in [6, 6.07) is 4.60. The Labute approximate surface area is 170 Å². The van der Waals surface area contributed by atoms with E-state index in [2.05, 4.69) is 5.32 Å². The maximum absolute atomic E-state index is 12.7. The molecule has 0 bridgehead atoms. The Morgan fingerprint density at radius 1 is 1.03 bits per heavy atom. The molecule has 0 fully saturated rings. The zero-order valence-corrected chi connectivity index (χ0v) is 17.4. The number of para-hydroxylation sites is 1. The molecule has 0 spiro atoms. The molecule has 0 aliphatic carbocycles. The Morgan fingerprint density at radius 2 is 1.66 bits per heavy atom. The molecule has 9 heteroatoms. The molecule has 0 saturated heterocycles. The van der Waals surface area contributed by atoms with Crippen LogP contribution in [0.5, 0.6) is 5.75 Å². The first-order valence-electron chi connectivity index (χ1n) is 9.41. The number of carbonyl (C=O) groups excluding carboxylic acids is 4. The first-order chi connectivity index (χ1) is 13.6. The highest BCUT2D eigenvalue weighted by Gasteiger charge is 2.33. The van der Waals surface area contributed by atoms with Crippen molar-refractivity contribution < 1.29 is 28.7 Å². The highest BCUT2D eigenvalue weighted by Crippen LogP contribution is 2.19. The van der Waals surface area contributed by atoms with Gasteiger partial charge in [-0.3, -0.25) is 14.9 Å². The molecule has 4 N–H and O–H groups in total. The summed E-state index contributed by atoms with van der Waals surface area (Å²) in [6.07, 6.45) is -1.23. The molecule has 0 aliphatic rings. The minimum Gasteiger partial charge on any atom is -0.493 e. The van der Waals surface area contributed by atoms with Crippen molar-refractivity contribution in [1.29, 1.82) is 0 Å². The summed E-state index contributed by atoms with van der Waals surface area (Å²) in [4.78, 5) is 48.4. The highest BCUT2D eigenvalue weighted by molar-refractivity contribution is 6.00. The van der Waals surface area contributed by atoms with Crippen LogP contribution in [0.2, 0.25) is 0 Å². The van der Waals surface area contributed by atoms with Crippen LogP contribution in [0.25, 0.3) is 0 Å². The fraction of sp³-hybridized carbons (Fsp3) is 0.500. The number of esters is 1. The third-order valence-electron chi connectivity index (χ3n) is 3.99. The van der Waals surface area contributed by atoms with Gasteiger partial charge in [0.05, 0.1) is 12.2 Å². The standard InChI is InChI=1S/C20H29N3O6/c1-6-28-14-10-8-7-9-13(14)17(24)22-15(11(2)3)19(26)29-16(12(4)5)18(25)23-20(21)27/h7-12,15-16H,6H2,1-5H3,(H,22,24)(H3,21,23,25,27)/t15-,16-/m0/s1. The second-order valence-electron chi connectivity index (χ2n) is 7.08. The zero-order chi connectivity index (χ0) is 22.1. The van der Waals surface area contributed by atoms with Crippen LogP contribution in [0.1, 0.15) is 45.0 Å². The van der Waals surface area contributed by atoms with Crippen molar-refractivity contribution >= 4 is 23.8 Å². The van der Waals surface area contributed by atoms with Crippen LogP contribution in [0, 0.1) is 11.8 Å². The number of amides is 4. The lowest BCUT2D eigenvalue weighted by Gasteiger charge is -2.26. The lowest BCUT2D eigenvalue weighted by Crippen LogP contribution is -2.50. The number of hydrogen-bond acceptors (Lipinski definition) is 6. The lowest BCUT2D eigenvalue weighted by molar-refractivity contribution is -0.161. The maximum atomic E-state index is 12.7. The Morgan fingerprint density at radius 3 is 2.17 bits per heavy atom. The van der Waals surface area contributed by atoms with Gasteiger partial charge in [-0.05, 0) is 30.9 Å². The first-order valence-corrected chi connectivity index (χ1v) is 9.41. The number of urea groups is 1. The van der Waals surface area contributed by atoms with Crippen LogP contribution in [0.4, 0.5) is 4.79 Å². The first kappa shape index (κ1) is 23.9. The molecule has 0 aliphatic heterocycles. The molecule has 1 aromatic carbocycles. The number of primary amides is 1. The normalized spacial score (nSPS) is 12.8. The van der Waals surface area contributed by atoms with E-state index in [0.717, 1.165) is 0 Å². The average Bonchev–Trinajstić information content (AvgIpc) is 2.63. The molecular weight excluding hydrogens is 378 g/mol. The van der Waals surface area contributed by atoms with E-state index in [1.54, 1.807) is 58.9 Å². The van der Waals surface area contributed by atoms with Crippen LogP contribution in [0.3, 0.4) is 0 Å². The predicted molar refractivity (Wildman–Crippen MR) is 106 cm³/mol. The highest BCUT2D eigenvalue weighted by atomic mass is 16.6. The molecule has 1 aromatic rings. The molecule has 0 unspecified atom stereocenters. The van der Waals surface area contributed by atoms with Gasteiger partial charge >= 0.3 is 12.0 Å². The van der Waals surface area contributed by atoms with Gasteiger partial charge in [-0.25, -0.2) is 9.59 Å². The van der Waals surface area contributed by atoms with E-state index in [4.69, 9.17) is 15.2 Å². The molecule has 29 heavy (non-hydrogen) atoms. The summed E-state index contributed by atoms with van der Waals surface area (Å²) in [5.74, 6) is -2.47. The number of hydrogen-bond donors (Lipinski definition) is 3. The third kappa shape index (κ3) is 7.10. The Balaban J connectivity index is 2.99. The average molecular weight is 407 g/mol. The number of carbonyl (C=O) groups is 4.